The van der Waals surface area contributed by atoms with E-state index in [1.165, 1.54) is 0 Å². The van der Waals surface area contributed by atoms with E-state index in [1.807, 2.05) is 26.0 Å². The van der Waals surface area contributed by atoms with Crippen LogP contribution in [0.2, 0.25) is 0 Å². The van der Waals surface area contributed by atoms with Crippen LogP contribution in [0, 0.1) is 25.5 Å². The monoisotopic (exact) mass is 365 g/mol. The van der Waals surface area contributed by atoms with E-state index in [-0.39, 0.29) is 10.6 Å². The first kappa shape index (κ1) is 18.9. The average Bonchev–Trinajstić information content (AvgIpc) is 2.58. The largest absolute Gasteiger partial charge is 0.455 e. The van der Waals surface area contributed by atoms with E-state index in [4.69, 9.17) is 4.74 Å². The molecule has 1 amide bonds. The van der Waals surface area contributed by atoms with Crippen molar-refractivity contribution >= 4 is 29.3 Å². The molecular formula is C18H17F2NO3S. The van der Waals surface area contributed by atoms with Crippen LogP contribution in [0.4, 0.5) is 14.5 Å². The molecule has 7 heteroatoms. The third kappa shape index (κ3) is 5.56. The second kappa shape index (κ2) is 8.62. The Balaban J connectivity index is 1.80. The zero-order chi connectivity index (χ0) is 18.4. The van der Waals surface area contributed by atoms with Crippen LogP contribution < -0.4 is 5.32 Å². The van der Waals surface area contributed by atoms with Crippen molar-refractivity contribution < 1.29 is 23.1 Å². The van der Waals surface area contributed by atoms with Crippen molar-refractivity contribution in [2.75, 3.05) is 17.7 Å². The van der Waals surface area contributed by atoms with Gasteiger partial charge >= 0.3 is 5.97 Å². The number of anilines is 1. The van der Waals surface area contributed by atoms with Crippen LogP contribution in [-0.4, -0.2) is 24.2 Å². The number of esters is 1. The Morgan fingerprint density at radius 3 is 2.68 bits per heavy atom. The molecule has 0 aliphatic carbocycles. The van der Waals surface area contributed by atoms with Crippen molar-refractivity contribution in [1.82, 2.24) is 0 Å². The molecule has 132 valence electrons. The number of thioether (sulfide) groups is 1. The number of halogens is 2. The Bertz CT molecular complexity index is 796. The van der Waals surface area contributed by atoms with Crippen molar-refractivity contribution in [1.29, 1.82) is 0 Å². The van der Waals surface area contributed by atoms with Gasteiger partial charge in [-0.2, -0.15) is 0 Å². The molecule has 2 aromatic rings. The van der Waals surface area contributed by atoms with Gasteiger partial charge in [0.05, 0.1) is 5.75 Å². The molecule has 0 saturated carbocycles. The summed E-state index contributed by atoms with van der Waals surface area (Å²) in [6, 6.07) is 8.48. The number of rotatable bonds is 6. The lowest BCUT2D eigenvalue weighted by molar-refractivity contribution is -0.144. The quantitative estimate of drug-likeness (QED) is 0.624. The lowest BCUT2D eigenvalue weighted by Crippen LogP contribution is -2.22. The van der Waals surface area contributed by atoms with Crippen LogP contribution in [-0.2, 0) is 14.3 Å². The summed E-state index contributed by atoms with van der Waals surface area (Å²) in [6.07, 6.45) is 0. The van der Waals surface area contributed by atoms with E-state index in [0.717, 1.165) is 41.1 Å². The van der Waals surface area contributed by atoms with E-state index in [0.29, 0.717) is 5.69 Å². The van der Waals surface area contributed by atoms with Crippen molar-refractivity contribution in [2.24, 2.45) is 0 Å². The fourth-order valence-electron chi connectivity index (χ4n) is 1.98. The topological polar surface area (TPSA) is 55.4 Å². The molecule has 0 unspecified atom stereocenters. The number of aryl methyl sites for hydroxylation is 1. The second-order valence-corrected chi connectivity index (χ2v) is 6.34. The number of amides is 1. The molecule has 0 aliphatic heterocycles. The van der Waals surface area contributed by atoms with E-state index >= 15 is 0 Å². The van der Waals surface area contributed by atoms with Gasteiger partial charge in [0.15, 0.2) is 6.61 Å². The standard InChI is InChI=1S/C18H17F2NO3S/c1-11-4-3-5-15(12(11)2)21-17(22)9-24-18(23)10-25-16-8-13(19)6-7-14(16)20/h3-8H,9-10H2,1-2H3,(H,21,22). The van der Waals surface area contributed by atoms with Gasteiger partial charge in [-0.3, -0.25) is 9.59 Å². The minimum absolute atomic E-state index is 0.0109. The predicted molar refractivity (Wildman–Crippen MR) is 92.6 cm³/mol. The number of hydrogen-bond acceptors (Lipinski definition) is 4. The van der Waals surface area contributed by atoms with Gasteiger partial charge in [-0.1, -0.05) is 12.1 Å². The van der Waals surface area contributed by atoms with Gasteiger partial charge in [-0.25, -0.2) is 8.78 Å². The lowest BCUT2D eigenvalue weighted by atomic mass is 10.1. The second-order valence-electron chi connectivity index (χ2n) is 5.32. The summed E-state index contributed by atoms with van der Waals surface area (Å²) in [5, 5.41) is 2.66. The number of carbonyl (C=O) groups excluding carboxylic acids is 2. The molecule has 0 aliphatic rings. The fraction of sp³-hybridized carbons (Fsp3) is 0.222. The molecule has 0 spiro atoms. The van der Waals surface area contributed by atoms with Crippen molar-refractivity contribution in [2.45, 2.75) is 18.7 Å². The molecule has 0 saturated heterocycles. The summed E-state index contributed by atoms with van der Waals surface area (Å²) in [4.78, 5) is 23.5. The molecule has 0 fully saturated rings. The normalized spacial score (nSPS) is 10.4. The Morgan fingerprint density at radius 1 is 1.16 bits per heavy atom. The number of benzene rings is 2. The third-order valence-corrected chi connectivity index (χ3v) is 4.49. The van der Waals surface area contributed by atoms with Gasteiger partial charge in [-0.15, -0.1) is 11.8 Å². The fourth-order valence-corrected chi connectivity index (χ4v) is 2.74. The Kier molecular flexibility index (Phi) is 6.52. The number of ether oxygens (including phenoxy) is 1. The summed E-state index contributed by atoms with van der Waals surface area (Å²) in [5.74, 6) is -2.59. The molecule has 4 nitrogen and oxygen atoms in total. The highest BCUT2D eigenvalue weighted by Gasteiger charge is 2.12. The van der Waals surface area contributed by atoms with Gasteiger partial charge in [0.1, 0.15) is 11.6 Å². The molecule has 1 N–H and O–H groups in total. The van der Waals surface area contributed by atoms with Crippen LogP contribution in [0.1, 0.15) is 11.1 Å². The maximum atomic E-state index is 13.4. The van der Waals surface area contributed by atoms with Crippen LogP contribution in [0.15, 0.2) is 41.3 Å². The summed E-state index contributed by atoms with van der Waals surface area (Å²) in [6.45, 7) is 3.35. The van der Waals surface area contributed by atoms with Gasteiger partial charge < -0.3 is 10.1 Å². The summed E-state index contributed by atoms with van der Waals surface area (Å²) >= 11 is 0.808. The molecule has 0 heterocycles. The number of hydrogen-bond donors (Lipinski definition) is 1. The maximum absolute atomic E-state index is 13.4. The average molecular weight is 365 g/mol. The van der Waals surface area contributed by atoms with Crippen molar-refractivity contribution in [3.63, 3.8) is 0 Å². The first-order valence-corrected chi connectivity index (χ1v) is 8.45. The Morgan fingerprint density at radius 2 is 1.92 bits per heavy atom. The molecule has 0 aromatic heterocycles. The van der Waals surface area contributed by atoms with E-state index in [9.17, 15) is 18.4 Å². The van der Waals surface area contributed by atoms with Crippen molar-refractivity contribution in [3.05, 3.63) is 59.2 Å². The van der Waals surface area contributed by atoms with Crippen LogP contribution >= 0.6 is 11.8 Å². The Labute approximate surface area is 148 Å². The highest BCUT2D eigenvalue weighted by molar-refractivity contribution is 8.00. The SMILES string of the molecule is Cc1cccc(NC(=O)COC(=O)CSc2cc(F)ccc2F)c1C. The molecule has 0 bridgehead atoms. The smallest absolute Gasteiger partial charge is 0.316 e. The molecule has 25 heavy (non-hydrogen) atoms. The number of nitrogens with one attached hydrogen (secondary N) is 1. The summed E-state index contributed by atoms with van der Waals surface area (Å²) < 4.78 is 31.3. The first-order valence-electron chi connectivity index (χ1n) is 7.46. The molecule has 2 aromatic carbocycles. The molecule has 0 radical (unpaired) electrons. The lowest BCUT2D eigenvalue weighted by Gasteiger charge is -2.10. The van der Waals surface area contributed by atoms with E-state index in [1.54, 1.807) is 6.07 Å². The Hall–Kier alpha value is -2.41. The molecule has 2 rings (SSSR count). The van der Waals surface area contributed by atoms with Crippen molar-refractivity contribution in [3.8, 4) is 0 Å². The van der Waals surface area contributed by atoms with E-state index < -0.39 is 30.1 Å². The minimum Gasteiger partial charge on any atom is -0.455 e. The summed E-state index contributed by atoms with van der Waals surface area (Å²) in [7, 11) is 0. The third-order valence-electron chi connectivity index (χ3n) is 3.48. The zero-order valence-corrected chi connectivity index (χ0v) is 14.6. The van der Waals surface area contributed by atoms with Gasteiger partial charge in [-0.05, 0) is 49.2 Å². The van der Waals surface area contributed by atoms with Gasteiger partial charge in [0, 0.05) is 10.6 Å². The zero-order valence-electron chi connectivity index (χ0n) is 13.8. The summed E-state index contributed by atoms with van der Waals surface area (Å²) in [5.41, 5.74) is 2.61. The number of carbonyl (C=O) groups is 2. The van der Waals surface area contributed by atoms with Crippen LogP contribution in [0.25, 0.3) is 0 Å². The highest BCUT2D eigenvalue weighted by atomic mass is 32.2. The van der Waals surface area contributed by atoms with Crippen LogP contribution in [0.3, 0.4) is 0 Å². The molecule has 0 atom stereocenters. The highest BCUT2D eigenvalue weighted by Crippen LogP contribution is 2.22. The predicted octanol–water partition coefficient (Wildman–Crippen LogP) is 3.86. The van der Waals surface area contributed by atoms with Gasteiger partial charge in [0.2, 0.25) is 0 Å². The van der Waals surface area contributed by atoms with E-state index in [2.05, 4.69) is 5.32 Å². The molecular weight excluding hydrogens is 348 g/mol. The maximum Gasteiger partial charge on any atom is 0.316 e. The van der Waals surface area contributed by atoms with Gasteiger partial charge in [0.25, 0.3) is 5.91 Å². The van der Waals surface area contributed by atoms with Crippen LogP contribution in [0.5, 0.6) is 0 Å². The first-order chi connectivity index (χ1) is 11.9. The minimum atomic E-state index is -0.690.